The van der Waals surface area contributed by atoms with Crippen molar-refractivity contribution in [3.05, 3.63) is 27.8 Å². The maximum atomic E-state index is 12.4. The second kappa shape index (κ2) is 8.03. The van der Waals surface area contributed by atoms with Crippen LogP contribution in [-0.4, -0.2) is 25.5 Å². The summed E-state index contributed by atoms with van der Waals surface area (Å²) in [4.78, 5) is 23.6. The number of esters is 1. The van der Waals surface area contributed by atoms with E-state index in [1.165, 1.54) is 7.11 Å². The molecule has 0 unspecified atom stereocenters. The molecule has 21 heavy (non-hydrogen) atoms. The first-order chi connectivity index (χ1) is 9.92. The summed E-state index contributed by atoms with van der Waals surface area (Å²) in [6.45, 7) is 6.18. The molecule has 0 atom stereocenters. The van der Waals surface area contributed by atoms with Gasteiger partial charge in [0.25, 0.3) is 0 Å². The van der Waals surface area contributed by atoms with E-state index in [9.17, 15) is 9.59 Å². The van der Waals surface area contributed by atoms with Crippen LogP contribution in [0.1, 0.15) is 47.7 Å². The minimum absolute atomic E-state index is 0.0491. The predicted molar refractivity (Wildman–Crippen MR) is 82.3 cm³/mol. The Hall–Kier alpha value is -1.55. The van der Waals surface area contributed by atoms with Crippen molar-refractivity contribution in [2.24, 2.45) is 0 Å². The molecule has 1 aromatic carbocycles. The molecule has 1 rings (SSSR count). The number of aryl methyl sites for hydroxylation is 1. The van der Waals surface area contributed by atoms with Gasteiger partial charge in [-0.15, -0.1) is 0 Å². The molecule has 0 heterocycles. The molecule has 0 saturated carbocycles. The number of methoxy groups -OCH3 is 1. The molecule has 0 aromatic heterocycles. The summed E-state index contributed by atoms with van der Waals surface area (Å²) in [5.74, 6) is -0.0349. The third-order valence-electron chi connectivity index (χ3n) is 3.17. The van der Waals surface area contributed by atoms with Crippen LogP contribution in [0.2, 0.25) is 5.02 Å². The Morgan fingerprint density at radius 1 is 1.24 bits per heavy atom. The molecule has 0 spiro atoms. The van der Waals surface area contributed by atoms with E-state index in [4.69, 9.17) is 16.3 Å². The molecule has 0 bridgehead atoms. The fraction of sp³-hybridized carbons (Fsp3) is 0.500. The Balaban J connectivity index is 3.09. The van der Waals surface area contributed by atoms with Gasteiger partial charge in [-0.2, -0.15) is 0 Å². The molecule has 0 fully saturated rings. The number of carbonyl (C=O) groups is 2. The fourth-order valence-electron chi connectivity index (χ4n) is 2.04. The van der Waals surface area contributed by atoms with Gasteiger partial charge in [0.2, 0.25) is 0 Å². The summed E-state index contributed by atoms with van der Waals surface area (Å²) in [6.07, 6.45) is 0.972. The second-order valence-corrected chi connectivity index (χ2v) is 5.23. The molecule has 4 nitrogen and oxygen atoms in total. The molecule has 116 valence electrons. The van der Waals surface area contributed by atoms with Crippen molar-refractivity contribution in [3.8, 4) is 5.75 Å². The van der Waals surface area contributed by atoms with Gasteiger partial charge in [0.1, 0.15) is 5.75 Å². The highest BCUT2D eigenvalue weighted by Gasteiger charge is 2.20. The first kappa shape index (κ1) is 17.5. The minimum Gasteiger partial charge on any atom is -0.493 e. The first-order valence-electron chi connectivity index (χ1n) is 6.94. The maximum absolute atomic E-state index is 12.4. The number of hydrogen-bond acceptors (Lipinski definition) is 4. The smallest absolute Gasteiger partial charge is 0.305 e. The molecular weight excluding hydrogens is 292 g/mol. The number of halogens is 1. The number of carbonyl (C=O) groups excluding carboxylic acids is 2. The van der Waals surface area contributed by atoms with E-state index in [2.05, 4.69) is 4.74 Å². The van der Waals surface area contributed by atoms with Gasteiger partial charge in [0.05, 0.1) is 25.7 Å². The van der Waals surface area contributed by atoms with E-state index >= 15 is 0 Å². The number of benzene rings is 1. The van der Waals surface area contributed by atoms with Crippen molar-refractivity contribution in [1.82, 2.24) is 0 Å². The fourth-order valence-corrected chi connectivity index (χ4v) is 2.19. The summed E-state index contributed by atoms with van der Waals surface area (Å²) < 4.78 is 10.2. The average Bonchev–Trinajstić information content (AvgIpc) is 2.47. The zero-order valence-corrected chi connectivity index (χ0v) is 13.7. The lowest BCUT2D eigenvalue weighted by molar-refractivity contribution is -0.140. The largest absolute Gasteiger partial charge is 0.493 e. The lowest BCUT2D eigenvalue weighted by Gasteiger charge is -2.15. The Morgan fingerprint density at radius 3 is 2.48 bits per heavy atom. The SMILES string of the molecule is CCCOc1cc(C)c(Cl)c(C)c1C(=O)CCC(=O)OC. The molecule has 0 N–H and O–H groups in total. The molecule has 0 saturated heterocycles. The van der Waals surface area contributed by atoms with Crippen LogP contribution in [0.25, 0.3) is 0 Å². The highest BCUT2D eigenvalue weighted by atomic mass is 35.5. The second-order valence-electron chi connectivity index (χ2n) is 4.85. The summed E-state index contributed by atoms with van der Waals surface area (Å²) in [5, 5.41) is 0.556. The van der Waals surface area contributed by atoms with Crippen LogP contribution in [0.5, 0.6) is 5.75 Å². The van der Waals surface area contributed by atoms with Crippen molar-refractivity contribution >= 4 is 23.4 Å². The van der Waals surface area contributed by atoms with Gasteiger partial charge in [0, 0.05) is 11.4 Å². The Labute approximate surface area is 130 Å². The van der Waals surface area contributed by atoms with E-state index < -0.39 is 5.97 Å². The van der Waals surface area contributed by atoms with E-state index in [1.54, 1.807) is 13.0 Å². The van der Waals surface area contributed by atoms with Gasteiger partial charge in [0.15, 0.2) is 5.78 Å². The van der Waals surface area contributed by atoms with Gasteiger partial charge >= 0.3 is 5.97 Å². The third kappa shape index (κ3) is 4.46. The van der Waals surface area contributed by atoms with Crippen molar-refractivity contribution in [1.29, 1.82) is 0 Å². The number of hydrogen-bond donors (Lipinski definition) is 0. The van der Waals surface area contributed by atoms with E-state index in [1.807, 2.05) is 13.8 Å². The number of Topliss-reactive ketones (excluding diaryl/α,β-unsaturated/α-hetero) is 1. The molecule has 0 radical (unpaired) electrons. The van der Waals surface area contributed by atoms with Crippen LogP contribution >= 0.6 is 11.6 Å². The van der Waals surface area contributed by atoms with Crippen LogP contribution in [0, 0.1) is 13.8 Å². The number of ketones is 1. The van der Waals surface area contributed by atoms with Crippen molar-refractivity contribution < 1.29 is 19.1 Å². The average molecular weight is 313 g/mol. The van der Waals surface area contributed by atoms with Gasteiger partial charge in [-0.25, -0.2) is 0 Å². The molecule has 5 heteroatoms. The molecule has 0 aliphatic heterocycles. The predicted octanol–water partition coefficient (Wildman–Crippen LogP) is 3.88. The van der Waals surface area contributed by atoms with Gasteiger partial charge in [-0.3, -0.25) is 9.59 Å². The van der Waals surface area contributed by atoms with Crippen molar-refractivity contribution in [3.63, 3.8) is 0 Å². The summed E-state index contributed by atoms with van der Waals surface area (Å²) in [6, 6.07) is 1.77. The first-order valence-corrected chi connectivity index (χ1v) is 7.32. The Morgan fingerprint density at radius 2 is 1.90 bits per heavy atom. The normalized spacial score (nSPS) is 10.3. The highest BCUT2D eigenvalue weighted by molar-refractivity contribution is 6.32. The van der Waals surface area contributed by atoms with Crippen LogP contribution < -0.4 is 4.74 Å². The summed E-state index contributed by atoms with van der Waals surface area (Å²) >= 11 is 6.22. The van der Waals surface area contributed by atoms with Crippen LogP contribution in [0.15, 0.2) is 6.07 Å². The van der Waals surface area contributed by atoms with E-state index in [0.717, 1.165) is 12.0 Å². The number of rotatable bonds is 7. The molecule has 0 aliphatic carbocycles. The third-order valence-corrected chi connectivity index (χ3v) is 3.75. The lowest BCUT2D eigenvalue weighted by Crippen LogP contribution is -2.11. The van der Waals surface area contributed by atoms with Crippen LogP contribution in [-0.2, 0) is 9.53 Å². The molecular formula is C16H21ClO4. The van der Waals surface area contributed by atoms with Crippen molar-refractivity contribution in [2.45, 2.75) is 40.0 Å². The molecule has 0 aliphatic rings. The summed E-state index contributed by atoms with van der Waals surface area (Å²) in [5.41, 5.74) is 2.02. The van der Waals surface area contributed by atoms with Crippen LogP contribution in [0.3, 0.4) is 0 Å². The molecule has 0 amide bonds. The van der Waals surface area contributed by atoms with Crippen molar-refractivity contribution in [2.75, 3.05) is 13.7 Å². The Bertz CT molecular complexity index is 538. The zero-order chi connectivity index (χ0) is 16.0. The topological polar surface area (TPSA) is 52.6 Å². The minimum atomic E-state index is -0.407. The number of ether oxygens (including phenoxy) is 2. The maximum Gasteiger partial charge on any atom is 0.305 e. The zero-order valence-electron chi connectivity index (χ0n) is 12.9. The van der Waals surface area contributed by atoms with Gasteiger partial charge in [-0.1, -0.05) is 18.5 Å². The van der Waals surface area contributed by atoms with E-state index in [0.29, 0.717) is 28.5 Å². The standard InChI is InChI=1S/C16H21ClO4/c1-5-8-21-13-9-10(2)16(17)11(3)15(13)12(18)6-7-14(19)20-4/h9H,5-8H2,1-4H3. The summed E-state index contributed by atoms with van der Waals surface area (Å²) in [7, 11) is 1.30. The van der Waals surface area contributed by atoms with Gasteiger partial charge < -0.3 is 9.47 Å². The Kier molecular flexibility index (Phi) is 6.69. The monoisotopic (exact) mass is 312 g/mol. The van der Waals surface area contributed by atoms with Gasteiger partial charge in [-0.05, 0) is 37.5 Å². The quantitative estimate of drug-likeness (QED) is 0.566. The lowest BCUT2D eigenvalue weighted by atomic mass is 9.98. The molecule has 1 aromatic rings. The highest BCUT2D eigenvalue weighted by Crippen LogP contribution is 2.33. The van der Waals surface area contributed by atoms with E-state index in [-0.39, 0.29) is 18.6 Å². The van der Waals surface area contributed by atoms with Crippen LogP contribution in [0.4, 0.5) is 0 Å².